The molecule has 1 spiro atoms. The predicted molar refractivity (Wildman–Crippen MR) is 128 cm³/mol. The number of H-pyrrole nitrogens is 1. The fraction of sp³-hybridized carbons (Fsp3) is 0.444. The normalized spacial score (nSPS) is 21.2. The number of nitrogens with one attached hydrogen (secondary N) is 1. The van der Waals surface area contributed by atoms with E-state index in [0.717, 1.165) is 33.3 Å². The molecule has 0 unspecified atom stereocenters. The molecule has 1 saturated heterocycles. The van der Waals surface area contributed by atoms with E-state index in [1.165, 1.54) is 12.1 Å². The van der Waals surface area contributed by atoms with E-state index in [0.29, 0.717) is 31.5 Å². The molecule has 5 rings (SSSR count). The van der Waals surface area contributed by atoms with Crippen molar-refractivity contribution < 1.29 is 28.5 Å². The number of likely N-dealkylation sites (tertiary alicyclic amines) is 1. The van der Waals surface area contributed by atoms with Gasteiger partial charge >= 0.3 is 5.97 Å². The number of methoxy groups -OCH3 is 1. The average molecular weight is 485 g/mol. The number of carboxylic acids is 1. The fourth-order valence-electron chi connectivity index (χ4n) is 6.23. The summed E-state index contributed by atoms with van der Waals surface area (Å²) in [5, 5.41) is 20.6. The van der Waals surface area contributed by atoms with E-state index in [4.69, 9.17) is 4.74 Å². The number of aryl methyl sites for hydroxylation is 1. The van der Waals surface area contributed by atoms with Crippen LogP contribution in [-0.2, 0) is 13.2 Å². The van der Waals surface area contributed by atoms with Gasteiger partial charge in [0.05, 0.1) is 19.3 Å². The van der Waals surface area contributed by atoms with Gasteiger partial charge in [-0.3, -0.25) is 4.90 Å². The molecule has 1 aliphatic carbocycles. The molecule has 8 heteroatoms. The summed E-state index contributed by atoms with van der Waals surface area (Å²) in [5.74, 6) is -2.93. The number of aromatic nitrogens is 1. The number of aliphatic hydroxyl groups is 1. The third-order valence-electron chi connectivity index (χ3n) is 7.88. The lowest BCUT2D eigenvalue weighted by molar-refractivity contribution is -0.186. The Morgan fingerprint density at radius 2 is 2.03 bits per heavy atom. The van der Waals surface area contributed by atoms with Crippen LogP contribution in [0, 0.1) is 12.3 Å². The highest BCUT2D eigenvalue weighted by molar-refractivity contribution is 5.88. The van der Waals surface area contributed by atoms with Crippen molar-refractivity contribution >= 4 is 16.9 Å². The van der Waals surface area contributed by atoms with E-state index in [1.807, 2.05) is 25.3 Å². The van der Waals surface area contributed by atoms with Crippen molar-refractivity contribution in [1.82, 2.24) is 9.88 Å². The number of aromatic amines is 1. The lowest BCUT2D eigenvalue weighted by Gasteiger charge is -2.55. The number of ether oxygens (including phenoxy) is 1. The van der Waals surface area contributed by atoms with Gasteiger partial charge in [-0.05, 0) is 72.7 Å². The number of fused-ring (bicyclic) bond motifs is 1. The van der Waals surface area contributed by atoms with E-state index in [2.05, 4.69) is 9.88 Å². The third kappa shape index (κ3) is 4.19. The Bertz CT molecular complexity index is 1280. The SMILES string of the molecule is COc1cc(C)c2[nH]ccc2c1CN1CCC2(C[C@H]1c1ccc(C(=O)O)cc1CO)CC(F)(F)C2. The second-order valence-corrected chi connectivity index (χ2v) is 10.2. The first-order valence-corrected chi connectivity index (χ1v) is 11.9. The Balaban J connectivity index is 1.56. The smallest absolute Gasteiger partial charge is 0.335 e. The number of piperidine rings is 1. The number of aromatic carboxylic acids is 1. The number of benzene rings is 2. The van der Waals surface area contributed by atoms with Crippen LogP contribution in [0.4, 0.5) is 8.78 Å². The molecule has 2 fully saturated rings. The monoisotopic (exact) mass is 484 g/mol. The van der Waals surface area contributed by atoms with Gasteiger partial charge in [-0.25, -0.2) is 13.6 Å². The van der Waals surface area contributed by atoms with Crippen molar-refractivity contribution in [3.8, 4) is 5.75 Å². The molecule has 2 aliphatic rings. The zero-order valence-electron chi connectivity index (χ0n) is 19.9. The summed E-state index contributed by atoms with van der Waals surface area (Å²) in [6.07, 6.45) is 2.86. The van der Waals surface area contributed by atoms with Crippen LogP contribution < -0.4 is 4.74 Å². The van der Waals surface area contributed by atoms with Gasteiger partial charge in [0, 0.05) is 48.1 Å². The molecule has 2 aromatic carbocycles. The topological polar surface area (TPSA) is 85.8 Å². The Kier molecular flexibility index (Phi) is 5.84. The minimum atomic E-state index is -2.63. The maximum atomic E-state index is 14.0. The number of carboxylic acid groups (broad SMARTS) is 1. The molecule has 3 aromatic rings. The van der Waals surface area contributed by atoms with Crippen molar-refractivity contribution in [1.29, 1.82) is 0 Å². The van der Waals surface area contributed by atoms with E-state index in [9.17, 15) is 23.8 Å². The number of carbonyl (C=O) groups is 1. The third-order valence-corrected chi connectivity index (χ3v) is 7.88. The Hall–Kier alpha value is -2.97. The molecule has 186 valence electrons. The van der Waals surface area contributed by atoms with Crippen molar-refractivity contribution in [2.45, 2.75) is 57.7 Å². The number of alkyl halides is 2. The summed E-state index contributed by atoms with van der Waals surface area (Å²) in [5.41, 5.74) is 4.09. The van der Waals surface area contributed by atoms with Crippen molar-refractivity contribution in [3.63, 3.8) is 0 Å². The first-order chi connectivity index (χ1) is 16.6. The van der Waals surface area contributed by atoms with Gasteiger partial charge in [-0.2, -0.15) is 0 Å². The number of aliphatic hydroxyl groups excluding tert-OH is 1. The zero-order chi connectivity index (χ0) is 25.0. The van der Waals surface area contributed by atoms with E-state index < -0.39 is 17.3 Å². The Morgan fingerprint density at radius 3 is 2.69 bits per heavy atom. The summed E-state index contributed by atoms with van der Waals surface area (Å²) >= 11 is 0. The highest BCUT2D eigenvalue weighted by Crippen LogP contribution is 2.60. The van der Waals surface area contributed by atoms with Crippen LogP contribution in [0.5, 0.6) is 5.75 Å². The molecule has 2 heterocycles. The maximum Gasteiger partial charge on any atom is 0.335 e. The van der Waals surface area contributed by atoms with Gasteiger partial charge < -0.3 is 19.9 Å². The molecular formula is C27H30F2N2O4. The molecule has 35 heavy (non-hydrogen) atoms. The first-order valence-electron chi connectivity index (χ1n) is 11.9. The largest absolute Gasteiger partial charge is 0.496 e. The molecule has 0 amide bonds. The van der Waals surface area contributed by atoms with Crippen LogP contribution in [0.2, 0.25) is 0 Å². The van der Waals surface area contributed by atoms with Gasteiger partial charge in [-0.15, -0.1) is 0 Å². The summed E-state index contributed by atoms with van der Waals surface area (Å²) < 4.78 is 33.7. The summed E-state index contributed by atoms with van der Waals surface area (Å²) in [6.45, 7) is 2.86. The molecule has 3 N–H and O–H groups in total. The quantitative estimate of drug-likeness (QED) is 0.435. The molecule has 1 aromatic heterocycles. The van der Waals surface area contributed by atoms with Crippen LogP contribution >= 0.6 is 0 Å². The molecular weight excluding hydrogens is 454 g/mol. The second-order valence-electron chi connectivity index (χ2n) is 10.2. The second kappa shape index (κ2) is 8.60. The highest BCUT2D eigenvalue weighted by Gasteiger charge is 2.58. The minimum absolute atomic E-state index is 0.0966. The van der Waals surface area contributed by atoms with E-state index >= 15 is 0 Å². The van der Waals surface area contributed by atoms with Crippen LogP contribution in [0.3, 0.4) is 0 Å². The summed E-state index contributed by atoms with van der Waals surface area (Å²) in [7, 11) is 1.64. The lowest BCUT2D eigenvalue weighted by Crippen LogP contribution is -2.53. The van der Waals surface area contributed by atoms with E-state index in [-0.39, 0.29) is 31.1 Å². The van der Waals surface area contributed by atoms with Gasteiger partial charge in [-0.1, -0.05) is 6.07 Å². The van der Waals surface area contributed by atoms with Crippen LogP contribution in [0.1, 0.15) is 64.3 Å². The Morgan fingerprint density at radius 1 is 1.26 bits per heavy atom. The lowest BCUT2D eigenvalue weighted by atomic mass is 9.58. The zero-order valence-corrected chi connectivity index (χ0v) is 19.9. The summed E-state index contributed by atoms with van der Waals surface area (Å²) in [6, 6.07) is 8.55. The van der Waals surface area contributed by atoms with Crippen molar-refractivity contribution in [2.75, 3.05) is 13.7 Å². The number of hydrogen-bond acceptors (Lipinski definition) is 4. The van der Waals surface area contributed by atoms with Crippen LogP contribution in [0.15, 0.2) is 36.5 Å². The van der Waals surface area contributed by atoms with Crippen molar-refractivity contribution in [3.05, 3.63) is 64.3 Å². The van der Waals surface area contributed by atoms with Gasteiger partial charge in [0.25, 0.3) is 0 Å². The van der Waals surface area contributed by atoms with Crippen LogP contribution in [0.25, 0.3) is 10.9 Å². The highest BCUT2D eigenvalue weighted by atomic mass is 19.3. The van der Waals surface area contributed by atoms with Gasteiger partial charge in [0.1, 0.15) is 5.75 Å². The molecule has 0 bridgehead atoms. The number of halogens is 2. The molecule has 6 nitrogen and oxygen atoms in total. The molecule has 1 atom stereocenters. The van der Waals surface area contributed by atoms with Gasteiger partial charge in [0.2, 0.25) is 5.92 Å². The van der Waals surface area contributed by atoms with Crippen LogP contribution in [-0.4, -0.2) is 45.6 Å². The van der Waals surface area contributed by atoms with Gasteiger partial charge in [0.15, 0.2) is 0 Å². The number of rotatable bonds is 6. The number of nitrogens with zero attached hydrogens (tertiary/aromatic N) is 1. The minimum Gasteiger partial charge on any atom is -0.496 e. The molecule has 1 saturated carbocycles. The van der Waals surface area contributed by atoms with E-state index in [1.54, 1.807) is 13.2 Å². The standard InChI is InChI=1S/C27H30F2N2O4/c1-16-9-23(35-2)21(20-5-7-30-24(16)20)12-31-8-6-26(14-27(28,29)15-26)11-22(31)19-4-3-17(25(33)34)10-18(19)13-32/h3-5,7,9-10,22,30,32H,6,8,11-15H2,1-2H3,(H,33,34)/t22-/m0/s1. The fourth-order valence-corrected chi connectivity index (χ4v) is 6.23. The maximum absolute atomic E-state index is 14.0. The first kappa shape index (κ1) is 23.8. The predicted octanol–water partition coefficient (Wildman–Crippen LogP) is 5.43. The summed E-state index contributed by atoms with van der Waals surface area (Å²) in [4.78, 5) is 17.0. The molecule has 0 radical (unpaired) electrons. The average Bonchev–Trinajstić information content (AvgIpc) is 3.30. The van der Waals surface area contributed by atoms with Crippen molar-refractivity contribution in [2.24, 2.45) is 5.41 Å². The molecule has 1 aliphatic heterocycles. The number of hydrogen-bond donors (Lipinski definition) is 3. The Labute approximate surface area is 202 Å².